The Hall–Kier alpha value is -3.37. The van der Waals surface area contributed by atoms with Gasteiger partial charge in [-0.1, -0.05) is 32.0 Å². The second-order valence-electron chi connectivity index (χ2n) is 8.34. The van der Waals surface area contributed by atoms with Gasteiger partial charge in [0.2, 0.25) is 0 Å². The molecule has 2 aromatic heterocycles. The van der Waals surface area contributed by atoms with Crippen molar-refractivity contribution in [3.05, 3.63) is 60.0 Å². The van der Waals surface area contributed by atoms with Crippen molar-refractivity contribution in [2.45, 2.75) is 43.5 Å². The summed E-state index contributed by atoms with van der Waals surface area (Å²) >= 11 is 1.77. The maximum absolute atomic E-state index is 14.7. The molecule has 2 aromatic carbocycles. The first kappa shape index (κ1) is 24.7. The largest absolute Gasteiger partial charge is 0.414 e. The van der Waals surface area contributed by atoms with Crippen LogP contribution in [0.5, 0.6) is 0 Å². The van der Waals surface area contributed by atoms with Crippen molar-refractivity contribution in [3.63, 3.8) is 0 Å². The molecule has 2 heterocycles. The van der Waals surface area contributed by atoms with Gasteiger partial charge < -0.3 is 15.5 Å². The summed E-state index contributed by atoms with van der Waals surface area (Å²) in [7, 11) is 0. The van der Waals surface area contributed by atoms with E-state index >= 15 is 0 Å². The fourth-order valence-corrected chi connectivity index (χ4v) is 4.13. The lowest BCUT2D eigenvalue weighted by atomic mass is 10.1. The Morgan fingerprint density at radius 3 is 2.49 bits per heavy atom. The third kappa shape index (κ3) is 6.01. The number of nitrogen functional groups attached to an aromatic ring is 1. The highest BCUT2D eigenvalue weighted by atomic mass is 32.2. The number of nitrogens with two attached hydrogens (primary N) is 1. The predicted octanol–water partition coefficient (Wildman–Crippen LogP) is 5.53. The van der Waals surface area contributed by atoms with Gasteiger partial charge in [-0.05, 0) is 36.8 Å². The third-order valence-electron chi connectivity index (χ3n) is 5.10. The summed E-state index contributed by atoms with van der Waals surface area (Å²) in [5.74, 6) is -0.365. The van der Waals surface area contributed by atoms with Crippen molar-refractivity contribution in [1.29, 1.82) is 0 Å². The molecule has 0 aliphatic rings. The molecule has 0 amide bonds. The van der Waals surface area contributed by atoms with Crippen LogP contribution < -0.4 is 11.1 Å². The molecule has 4 rings (SSSR count). The van der Waals surface area contributed by atoms with E-state index in [1.807, 2.05) is 24.3 Å². The van der Waals surface area contributed by atoms with E-state index in [0.717, 1.165) is 10.5 Å². The zero-order valence-electron chi connectivity index (χ0n) is 19.6. The van der Waals surface area contributed by atoms with Crippen LogP contribution in [0.15, 0.2) is 58.0 Å². The maximum atomic E-state index is 14.7. The minimum absolute atomic E-state index is 0.00389. The zero-order valence-corrected chi connectivity index (χ0v) is 20.4. The number of nitrogens with zero attached hydrogens (tertiary/aromatic N) is 4. The van der Waals surface area contributed by atoms with Crippen LogP contribution in [0.3, 0.4) is 0 Å². The lowest BCUT2D eigenvalue weighted by molar-refractivity contribution is 0.391. The molecule has 0 saturated heterocycles. The van der Waals surface area contributed by atoms with Crippen LogP contribution in [0.4, 0.5) is 14.6 Å². The van der Waals surface area contributed by atoms with Gasteiger partial charge in [-0.25, -0.2) is 18.7 Å². The van der Waals surface area contributed by atoms with Gasteiger partial charge >= 0.3 is 0 Å². The SMILES string of the molecule is CC(CF)NCc1ccc(-c2nnc(-c3nc(-c4ccc(SC(C)C)cc4)cnc3N)o2)c(F)c1. The second kappa shape index (κ2) is 10.9. The van der Waals surface area contributed by atoms with Crippen molar-refractivity contribution in [3.8, 4) is 34.3 Å². The fraction of sp³-hybridized carbons (Fsp3) is 0.280. The van der Waals surface area contributed by atoms with Crippen LogP contribution in [-0.2, 0) is 6.54 Å². The molecule has 7 nitrogen and oxygen atoms in total. The van der Waals surface area contributed by atoms with Gasteiger partial charge in [-0.2, -0.15) is 0 Å². The molecule has 1 unspecified atom stereocenters. The van der Waals surface area contributed by atoms with Crippen molar-refractivity contribution in [2.75, 3.05) is 12.4 Å². The molecule has 35 heavy (non-hydrogen) atoms. The smallest absolute Gasteiger partial charge is 0.270 e. The third-order valence-corrected chi connectivity index (χ3v) is 6.12. The Labute approximate surface area is 206 Å². The van der Waals surface area contributed by atoms with E-state index in [-0.39, 0.29) is 34.9 Å². The number of thioether (sulfide) groups is 1. The topological polar surface area (TPSA) is 103 Å². The zero-order chi connectivity index (χ0) is 24.9. The number of anilines is 1. The van der Waals surface area contributed by atoms with Crippen LogP contribution in [0.1, 0.15) is 26.3 Å². The molecule has 0 fully saturated rings. The number of alkyl halides is 1. The maximum Gasteiger partial charge on any atom is 0.270 e. The van der Waals surface area contributed by atoms with Crippen molar-refractivity contribution in [1.82, 2.24) is 25.5 Å². The van der Waals surface area contributed by atoms with E-state index in [2.05, 4.69) is 39.3 Å². The van der Waals surface area contributed by atoms with E-state index in [4.69, 9.17) is 10.2 Å². The van der Waals surface area contributed by atoms with Gasteiger partial charge in [0.05, 0.1) is 17.5 Å². The van der Waals surface area contributed by atoms with Gasteiger partial charge in [0.15, 0.2) is 11.5 Å². The number of hydrogen-bond donors (Lipinski definition) is 2. The predicted molar refractivity (Wildman–Crippen MR) is 134 cm³/mol. The van der Waals surface area contributed by atoms with E-state index < -0.39 is 12.5 Å². The lowest BCUT2D eigenvalue weighted by Crippen LogP contribution is -2.27. The Morgan fingerprint density at radius 2 is 1.80 bits per heavy atom. The molecule has 0 spiro atoms. The Morgan fingerprint density at radius 1 is 1.06 bits per heavy atom. The summed E-state index contributed by atoms with van der Waals surface area (Å²) in [6.07, 6.45) is 1.58. The summed E-state index contributed by atoms with van der Waals surface area (Å²) in [5.41, 5.74) is 8.54. The van der Waals surface area contributed by atoms with E-state index in [1.165, 1.54) is 6.07 Å². The number of hydrogen-bond acceptors (Lipinski definition) is 8. The number of aromatic nitrogens is 4. The quantitative estimate of drug-likeness (QED) is 0.292. The molecule has 1 atom stereocenters. The highest BCUT2D eigenvalue weighted by Gasteiger charge is 2.19. The van der Waals surface area contributed by atoms with Crippen LogP contribution in [0.2, 0.25) is 0 Å². The fourth-order valence-electron chi connectivity index (χ4n) is 3.29. The standard InChI is InChI=1S/C25H26F2N6OS/c1-14(2)35-18-7-5-17(6-8-18)21-13-30-23(28)22(31-21)25-33-32-24(34-25)19-9-4-16(10-20(19)27)12-29-15(3)11-26/h4-10,13-15,29H,11-12H2,1-3H3,(H2,28,30). The average molecular weight is 497 g/mol. The van der Waals surface area contributed by atoms with Crippen molar-refractivity contribution in [2.24, 2.45) is 0 Å². The van der Waals surface area contributed by atoms with Crippen LogP contribution in [0.25, 0.3) is 34.3 Å². The lowest BCUT2D eigenvalue weighted by Gasteiger charge is -2.10. The van der Waals surface area contributed by atoms with E-state index in [1.54, 1.807) is 37.0 Å². The van der Waals surface area contributed by atoms with E-state index in [9.17, 15) is 8.78 Å². The monoisotopic (exact) mass is 496 g/mol. The van der Waals surface area contributed by atoms with Crippen molar-refractivity contribution >= 4 is 17.6 Å². The highest BCUT2D eigenvalue weighted by Crippen LogP contribution is 2.30. The molecule has 0 aliphatic heterocycles. The first-order chi connectivity index (χ1) is 16.8. The molecule has 0 bridgehead atoms. The average Bonchev–Trinajstić information content (AvgIpc) is 3.32. The van der Waals surface area contributed by atoms with Crippen LogP contribution >= 0.6 is 11.8 Å². The minimum atomic E-state index is -0.528. The van der Waals surface area contributed by atoms with Crippen LogP contribution in [-0.4, -0.2) is 38.1 Å². The number of rotatable bonds is 9. The summed E-state index contributed by atoms with van der Waals surface area (Å²) < 4.78 is 33.1. The minimum Gasteiger partial charge on any atom is -0.414 e. The summed E-state index contributed by atoms with van der Waals surface area (Å²) in [6.45, 7) is 5.84. The van der Waals surface area contributed by atoms with Gasteiger partial charge in [0.1, 0.15) is 12.5 Å². The summed E-state index contributed by atoms with van der Waals surface area (Å²) in [6, 6.07) is 12.3. The number of benzene rings is 2. The van der Waals surface area contributed by atoms with Crippen molar-refractivity contribution < 1.29 is 13.2 Å². The van der Waals surface area contributed by atoms with Gasteiger partial charge in [0.25, 0.3) is 11.8 Å². The molecular weight excluding hydrogens is 470 g/mol. The molecule has 10 heteroatoms. The number of nitrogens with one attached hydrogen (secondary N) is 1. The normalized spacial score (nSPS) is 12.3. The van der Waals surface area contributed by atoms with Gasteiger partial charge in [-0.15, -0.1) is 22.0 Å². The van der Waals surface area contributed by atoms with E-state index in [0.29, 0.717) is 23.1 Å². The summed E-state index contributed by atoms with van der Waals surface area (Å²) in [5, 5.41) is 11.4. The summed E-state index contributed by atoms with van der Waals surface area (Å²) in [4.78, 5) is 9.96. The van der Waals surface area contributed by atoms with Gasteiger partial charge in [-0.3, -0.25) is 0 Å². The molecule has 0 radical (unpaired) electrons. The molecule has 3 N–H and O–H groups in total. The second-order valence-corrected chi connectivity index (χ2v) is 9.99. The molecule has 0 aliphatic carbocycles. The Kier molecular flexibility index (Phi) is 7.72. The molecule has 4 aromatic rings. The molecular formula is C25H26F2N6OS. The molecule has 0 saturated carbocycles. The first-order valence-electron chi connectivity index (χ1n) is 11.2. The number of halogens is 2. The van der Waals surface area contributed by atoms with Crippen LogP contribution in [0, 0.1) is 5.82 Å². The first-order valence-corrected chi connectivity index (χ1v) is 12.0. The van der Waals surface area contributed by atoms with Gasteiger partial charge in [0, 0.05) is 28.3 Å². The highest BCUT2D eigenvalue weighted by molar-refractivity contribution is 7.99. The Balaban J connectivity index is 1.57. The Bertz CT molecular complexity index is 1300. The molecule has 182 valence electrons.